The van der Waals surface area contributed by atoms with Gasteiger partial charge in [0.25, 0.3) is 0 Å². The standard InChI is InChI=1S/C22H21F3N6O2/c1-13(8-14(9-26-2)22(23,24)25)16-5-6-17-20(29-16)31(18-11-30(17)12-19(18)32)21(33)28-15-4-3-7-27-10-15/h3-10,18-19,32H,2,11-12H2,1H3,(H,28,33)/b13-8+,14-9+/t18-,19-/m1/s1. The summed E-state index contributed by atoms with van der Waals surface area (Å²) in [6, 6.07) is 5.53. The molecular formula is C22H21F3N6O2. The van der Waals surface area contributed by atoms with E-state index in [0.717, 1.165) is 6.08 Å². The summed E-state index contributed by atoms with van der Waals surface area (Å²) in [4.78, 5) is 28.1. The molecule has 4 heterocycles. The van der Waals surface area contributed by atoms with Gasteiger partial charge in [0.05, 0.1) is 41.0 Å². The van der Waals surface area contributed by atoms with Gasteiger partial charge in [0.2, 0.25) is 0 Å². The Morgan fingerprint density at radius 2 is 2.12 bits per heavy atom. The van der Waals surface area contributed by atoms with E-state index in [4.69, 9.17) is 0 Å². The summed E-state index contributed by atoms with van der Waals surface area (Å²) in [5, 5.41) is 13.3. The highest BCUT2D eigenvalue weighted by Gasteiger charge is 2.45. The van der Waals surface area contributed by atoms with E-state index in [1.807, 2.05) is 4.90 Å². The number of aliphatic hydroxyl groups is 1. The van der Waals surface area contributed by atoms with E-state index in [0.29, 0.717) is 30.7 Å². The molecule has 2 N–H and O–H groups in total. The van der Waals surface area contributed by atoms with Crippen molar-refractivity contribution in [1.82, 2.24) is 9.97 Å². The SMILES string of the molecule is C=N/C=C(\C=C(/C)c1ccc2c(n1)N(C(=O)Nc1cccnc1)[C@@H]1CN2C[C@H]1O)C(F)(F)F. The van der Waals surface area contributed by atoms with E-state index >= 15 is 0 Å². The third-order valence-corrected chi connectivity index (χ3v) is 5.48. The second-order valence-corrected chi connectivity index (χ2v) is 7.71. The largest absolute Gasteiger partial charge is 0.417 e. The normalized spacial score (nSPS) is 20.5. The van der Waals surface area contributed by atoms with Gasteiger partial charge >= 0.3 is 12.2 Å². The number of amides is 2. The van der Waals surface area contributed by atoms with Crippen LogP contribution in [0.25, 0.3) is 5.57 Å². The van der Waals surface area contributed by atoms with E-state index in [-0.39, 0.29) is 17.1 Å². The van der Waals surface area contributed by atoms with E-state index in [2.05, 4.69) is 27.0 Å². The maximum absolute atomic E-state index is 13.3. The highest BCUT2D eigenvalue weighted by molar-refractivity contribution is 6.04. The number of nitrogens with zero attached hydrogens (tertiary/aromatic N) is 5. The van der Waals surface area contributed by atoms with Crippen molar-refractivity contribution in [2.75, 3.05) is 28.2 Å². The van der Waals surface area contributed by atoms with Crippen LogP contribution in [0.15, 0.2) is 59.5 Å². The minimum Gasteiger partial charge on any atom is -0.389 e. The quantitative estimate of drug-likeness (QED) is 0.539. The molecule has 0 aromatic carbocycles. The molecule has 2 aromatic rings. The zero-order valence-corrected chi connectivity index (χ0v) is 17.6. The smallest absolute Gasteiger partial charge is 0.389 e. The van der Waals surface area contributed by atoms with E-state index in [1.54, 1.807) is 30.5 Å². The maximum atomic E-state index is 13.3. The van der Waals surface area contributed by atoms with Gasteiger partial charge in [-0.3, -0.25) is 14.9 Å². The third-order valence-electron chi connectivity index (χ3n) is 5.48. The van der Waals surface area contributed by atoms with Gasteiger partial charge < -0.3 is 15.3 Å². The molecule has 8 nitrogen and oxygen atoms in total. The molecule has 2 atom stereocenters. The molecule has 0 saturated carbocycles. The molecule has 11 heteroatoms. The summed E-state index contributed by atoms with van der Waals surface area (Å²) < 4.78 is 39.8. The Labute approximate surface area is 187 Å². The van der Waals surface area contributed by atoms with Crippen LogP contribution in [0.5, 0.6) is 0 Å². The van der Waals surface area contributed by atoms with E-state index in [9.17, 15) is 23.1 Å². The number of hydrogen-bond acceptors (Lipinski definition) is 6. The fraction of sp³-hybridized carbons (Fsp3) is 0.273. The predicted molar refractivity (Wildman–Crippen MR) is 119 cm³/mol. The average Bonchev–Trinajstić information content (AvgIpc) is 3.09. The summed E-state index contributed by atoms with van der Waals surface area (Å²) >= 11 is 0. The number of carbonyl (C=O) groups is 1. The van der Waals surface area contributed by atoms with Crippen LogP contribution < -0.4 is 15.1 Å². The van der Waals surface area contributed by atoms with Gasteiger partial charge in [-0.2, -0.15) is 13.2 Å². The second-order valence-electron chi connectivity index (χ2n) is 7.71. The van der Waals surface area contributed by atoms with Crippen molar-refractivity contribution in [2.24, 2.45) is 4.99 Å². The molecule has 2 aliphatic heterocycles. The van der Waals surface area contributed by atoms with E-state index < -0.39 is 29.9 Å². The Morgan fingerprint density at radius 1 is 1.33 bits per heavy atom. The monoisotopic (exact) mass is 458 g/mol. The van der Waals surface area contributed by atoms with E-state index in [1.165, 1.54) is 18.0 Å². The van der Waals surface area contributed by atoms with Crippen molar-refractivity contribution < 1.29 is 23.1 Å². The van der Waals surface area contributed by atoms with Gasteiger partial charge in [-0.25, -0.2) is 9.78 Å². The van der Waals surface area contributed by atoms with Gasteiger partial charge in [-0.1, -0.05) is 0 Å². The van der Waals surface area contributed by atoms with Crippen LogP contribution in [0, 0.1) is 0 Å². The molecule has 0 spiro atoms. The summed E-state index contributed by atoms with van der Waals surface area (Å²) in [7, 11) is 0. The number of halogens is 3. The minimum absolute atomic E-state index is 0.228. The topological polar surface area (TPSA) is 94.0 Å². The van der Waals surface area contributed by atoms with Crippen LogP contribution in [0.4, 0.5) is 35.2 Å². The first kappa shape index (κ1) is 22.5. The second kappa shape index (κ2) is 8.66. The molecule has 0 unspecified atom stereocenters. The summed E-state index contributed by atoms with van der Waals surface area (Å²) in [5.41, 5.74) is 0.582. The molecule has 172 valence electrons. The minimum atomic E-state index is -4.61. The number of carbonyl (C=O) groups excluding carboxylic acids is 1. The Hall–Kier alpha value is -3.73. The number of urea groups is 1. The number of pyridine rings is 2. The van der Waals surface area contributed by atoms with Crippen molar-refractivity contribution in [1.29, 1.82) is 0 Å². The Kier molecular flexibility index (Phi) is 5.90. The molecule has 2 aliphatic rings. The third kappa shape index (κ3) is 4.44. The first-order chi connectivity index (χ1) is 15.7. The maximum Gasteiger partial charge on any atom is 0.417 e. The average molecular weight is 458 g/mol. The van der Waals surface area contributed by atoms with Crippen LogP contribution in [0.1, 0.15) is 12.6 Å². The molecule has 0 radical (unpaired) electrons. The molecule has 4 rings (SSSR count). The Bertz CT molecular complexity index is 1130. The highest BCUT2D eigenvalue weighted by Crippen LogP contribution is 2.40. The van der Waals surface area contributed by atoms with Gasteiger partial charge in [0.15, 0.2) is 5.82 Å². The number of rotatable bonds is 4. The Morgan fingerprint density at radius 3 is 2.79 bits per heavy atom. The number of hydrogen-bond donors (Lipinski definition) is 2. The predicted octanol–water partition coefficient (Wildman–Crippen LogP) is 3.63. The molecule has 33 heavy (non-hydrogen) atoms. The molecule has 2 bridgehead atoms. The molecule has 0 aliphatic carbocycles. The molecule has 2 amide bonds. The van der Waals surface area contributed by atoms with Crippen molar-refractivity contribution >= 4 is 35.5 Å². The number of aliphatic imine (C=N–C) groups is 1. The van der Waals surface area contributed by atoms with Gasteiger partial charge in [-0.15, -0.1) is 0 Å². The number of allylic oxidation sites excluding steroid dienone is 3. The van der Waals surface area contributed by atoms with Crippen LogP contribution in [-0.4, -0.2) is 59.2 Å². The van der Waals surface area contributed by atoms with Crippen molar-refractivity contribution in [2.45, 2.75) is 25.2 Å². The number of anilines is 3. The molecule has 2 aromatic heterocycles. The lowest BCUT2D eigenvalue weighted by molar-refractivity contribution is -0.0883. The molecule has 1 saturated heterocycles. The number of aromatic nitrogens is 2. The zero-order valence-electron chi connectivity index (χ0n) is 17.6. The number of aliphatic hydroxyl groups excluding tert-OH is 1. The van der Waals surface area contributed by atoms with Crippen LogP contribution >= 0.6 is 0 Å². The highest BCUT2D eigenvalue weighted by atomic mass is 19.4. The molecule has 1 fully saturated rings. The van der Waals surface area contributed by atoms with Crippen molar-refractivity contribution in [3.63, 3.8) is 0 Å². The summed E-state index contributed by atoms with van der Waals surface area (Å²) in [6.45, 7) is 5.31. The lowest BCUT2D eigenvalue weighted by atomic mass is 10.1. The lowest BCUT2D eigenvalue weighted by Crippen LogP contribution is -2.51. The molecular weight excluding hydrogens is 437 g/mol. The van der Waals surface area contributed by atoms with Crippen LogP contribution in [0.3, 0.4) is 0 Å². The van der Waals surface area contributed by atoms with Crippen LogP contribution in [-0.2, 0) is 0 Å². The fourth-order valence-corrected chi connectivity index (χ4v) is 3.93. The van der Waals surface area contributed by atoms with Gasteiger partial charge in [0.1, 0.15) is 0 Å². The van der Waals surface area contributed by atoms with Crippen molar-refractivity contribution in [3.8, 4) is 0 Å². The number of fused-ring (bicyclic) bond motifs is 4. The lowest BCUT2D eigenvalue weighted by Gasteiger charge is -2.36. The van der Waals surface area contributed by atoms with Gasteiger partial charge in [0, 0.05) is 25.5 Å². The Balaban J connectivity index is 1.73. The van der Waals surface area contributed by atoms with Crippen LogP contribution in [0.2, 0.25) is 0 Å². The zero-order chi connectivity index (χ0) is 23.8. The van der Waals surface area contributed by atoms with Crippen molar-refractivity contribution in [3.05, 3.63) is 60.2 Å². The first-order valence-corrected chi connectivity index (χ1v) is 10.0. The number of alkyl halides is 3. The number of nitrogens with one attached hydrogen (secondary N) is 1. The fourth-order valence-electron chi connectivity index (χ4n) is 3.93. The van der Waals surface area contributed by atoms with Gasteiger partial charge in [-0.05, 0) is 49.6 Å². The summed E-state index contributed by atoms with van der Waals surface area (Å²) in [6.07, 6.45) is -0.804. The first-order valence-electron chi connectivity index (χ1n) is 10.0. The summed E-state index contributed by atoms with van der Waals surface area (Å²) in [5.74, 6) is 0.258.